The summed E-state index contributed by atoms with van der Waals surface area (Å²) in [5.41, 5.74) is 0. The fourth-order valence-electron chi connectivity index (χ4n) is 2.85. The van der Waals surface area contributed by atoms with Gasteiger partial charge in [-0.3, -0.25) is 0 Å². The first-order chi connectivity index (χ1) is 10.1. The molecule has 1 heterocycles. The topological polar surface area (TPSA) is 15.3 Å². The molecule has 0 amide bonds. The van der Waals surface area contributed by atoms with Crippen molar-refractivity contribution in [3.8, 4) is 0 Å². The van der Waals surface area contributed by atoms with E-state index in [1.54, 1.807) is 0 Å². The summed E-state index contributed by atoms with van der Waals surface area (Å²) in [5.74, 6) is -2.42. The van der Waals surface area contributed by atoms with Crippen molar-refractivity contribution in [2.24, 2.45) is 0 Å². The van der Waals surface area contributed by atoms with Crippen molar-refractivity contribution in [1.29, 1.82) is 0 Å². The van der Waals surface area contributed by atoms with Crippen LogP contribution in [0.1, 0.15) is 71.1 Å². The Balaban J connectivity index is 1.79. The first-order valence-corrected chi connectivity index (χ1v) is 8.95. The molecule has 0 atom stereocenters. The Morgan fingerprint density at radius 2 is 1.43 bits per heavy atom. The molecule has 0 saturated carbocycles. The number of hydrogen-bond donors (Lipinski definition) is 1. The molecule has 21 heavy (non-hydrogen) atoms. The maximum Gasteiger partial charge on any atom is 0.250 e. The molecular weight excluding hydrogens is 270 g/mol. The molecule has 1 aliphatic heterocycles. The highest BCUT2D eigenvalue weighted by Gasteiger charge is 2.33. The molecule has 0 unspecified atom stereocenters. The average molecular weight is 304 g/mol. The number of nitrogens with zero attached hydrogens (tertiary/aromatic N) is 1. The third kappa shape index (κ3) is 10.2. The van der Waals surface area contributed by atoms with E-state index in [0.29, 0.717) is 13.1 Å². The lowest BCUT2D eigenvalue weighted by Crippen LogP contribution is -2.42. The second kappa shape index (κ2) is 11.4. The van der Waals surface area contributed by atoms with E-state index in [4.69, 9.17) is 0 Å². The van der Waals surface area contributed by atoms with E-state index in [1.165, 1.54) is 51.4 Å². The average Bonchev–Trinajstić information content (AvgIpc) is 2.46. The van der Waals surface area contributed by atoms with Crippen molar-refractivity contribution in [1.82, 2.24) is 10.2 Å². The highest BCUT2D eigenvalue weighted by Crippen LogP contribution is 2.27. The summed E-state index contributed by atoms with van der Waals surface area (Å²) in [6.45, 7) is 6.26. The van der Waals surface area contributed by atoms with Crippen LogP contribution in [-0.4, -0.2) is 43.5 Å². The molecule has 0 radical (unpaired) electrons. The maximum absolute atomic E-state index is 13.0. The van der Waals surface area contributed by atoms with Gasteiger partial charge in [0, 0.05) is 39.0 Å². The normalized spacial score (nSPS) is 19.0. The van der Waals surface area contributed by atoms with E-state index < -0.39 is 5.92 Å². The molecule has 1 aliphatic rings. The van der Waals surface area contributed by atoms with Crippen LogP contribution in [0.3, 0.4) is 0 Å². The fourth-order valence-corrected chi connectivity index (χ4v) is 2.85. The molecule has 126 valence electrons. The summed E-state index contributed by atoms with van der Waals surface area (Å²) in [7, 11) is 0. The van der Waals surface area contributed by atoms with E-state index in [1.807, 2.05) is 0 Å². The van der Waals surface area contributed by atoms with Crippen molar-refractivity contribution >= 4 is 0 Å². The first kappa shape index (κ1) is 18.8. The molecule has 1 N–H and O–H groups in total. The largest absolute Gasteiger partial charge is 0.315 e. The summed E-state index contributed by atoms with van der Waals surface area (Å²) in [6, 6.07) is 0. The van der Waals surface area contributed by atoms with Gasteiger partial charge in [0.15, 0.2) is 0 Å². The highest BCUT2D eigenvalue weighted by molar-refractivity contribution is 4.77. The summed E-state index contributed by atoms with van der Waals surface area (Å²) in [4.78, 5) is 2.15. The number of hydrogen-bond acceptors (Lipinski definition) is 2. The van der Waals surface area contributed by atoms with Crippen LogP contribution in [-0.2, 0) is 0 Å². The van der Waals surface area contributed by atoms with Gasteiger partial charge in [0.05, 0.1) is 0 Å². The van der Waals surface area contributed by atoms with Crippen LogP contribution in [0, 0.1) is 0 Å². The number of alkyl halides is 2. The molecule has 0 bridgehead atoms. The Morgan fingerprint density at radius 3 is 2.05 bits per heavy atom. The Kier molecular flexibility index (Phi) is 10.2. The maximum atomic E-state index is 13.0. The number of likely N-dealkylation sites (tertiary alicyclic amines) is 1. The van der Waals surface area contributed by atoms with E-state index in [-0.39, 0.29) is 12.8 Å². The third-order valence-corrected chi connectivity index (χ3v) is 4.40. The predicted octanol–water partition coefficient (Wildman–Crippen LogP) is 4.45. The molecule has 0 spiro atoms. The van der Waals surface area contributed by atoms with Gasteiger partial charge in [0.2, 0.25) is 0 Å². The van der Waals surface area contributed by atoms with E-state index >= 15 is 0 Å². The Hall–Kier alpha value is -0.220. The highest BCUT2D eigenvalue weighted by atomic mass is 19.3. The zero-order valence-electron chi connectivity index (χ0n) is 13.8. The molecule has 0 aromatic rings. The Labute approximate surface area is 129 Å². The number of piperidine rings is 1. The quantitative estimate of drug-likeness (QED) is 0.536. The summed E-state index contributed by atoms with van der Waals surface area (Å²) < 4.78 is 26.0. The van der Waals surface area contributed by atoms with Gasteiger partial charge in [-0.15, -0.1) is 0 Å². The summed E-state index contributed by atoms with van der Waals surface area (Å²) in [5, 5.41) is 3.44. The summed E-state index contributed by atoms with van der Waals surface area (Å²) >= 11 is 0. The molecule has 1 fully saturated rings. The first-order valence-electron chi connectivity index (χ1n) is 8.95. The molecule has 1 rings (SSSR count). The van der Waals surface area contributed by atoms with Gasteiger partial charge in [-0.05, 0) is 13.0 Å². The van der Waals surface area contributed by atoms with Gasteiger partial charge in [0.25, 0.3) is 5.92 Å². The number of halogens is 2. The van der Waals surface area contributed by atoms with Crippen LogP contribution >= 0.6 is 0 Å². The minimum atomic E-state index is -2.42. The Bertz CT molecular complexity index is 237. The van der Waals surface area contributed by atoms with Crippen LogP contribution in [0.2, 0.25) is 0 Å². The van der Waals surface area contributed by atoms with E-state index in [2.05, 4.69) is 17.1 Å². The van der Waals surface area contributed by atoms with E-state index in [9.17, 15) is 8.78 Å². The number of rotatable bonds is 12. The van der Waals surface area contributed by atoms with Crippen LogP contribution in [0.15, 0.2) is 0 Å². The smallest absolute Gasteiger partial charge is 0.250 e. The van der Waals surface area contributed by atoms with Gasteiger partial charge >= 0.3 is 0 Å². The third-order valence-electron chi connectivity index (χ3n) is 4.40. The van der Waals surface area contributed by atoms with Gasteiger partial charge in [-0.1, -0.05) is 51.9 Å². The number of nitrogens with one attached hydrogen (secondary N) is 1. The van der Waals surface area contributed by atoms with Gasteiger partial charge in [-0.25, -0.2) is 8.78 Å². The van der Waals surface area contributed by atoms with Crippen LogP contribution in [0.4, 0.5) is 8.78 Å². The minimum Gasteiger partial charge on any atom is -0.315 e. The molecule has 1 saturated heterocycles. The van der Waals surface area contributed by atoms with Gasteiger partial charge in [0.1, 0.15) is 0 Å². The lowest BCUT2D eigenvalue weighted by atomic mass is 10.1. The van der Waals surface area contributed by atoms with Crippen molar-refractivity contribution in [2.45, 2.75) is 77.1 Å². The Morgan fingerprint density at radius 1 is 0.857 bits per heavy atom. The standard InChI is InChI=1S/C17H34F2N2/c1-2-3-4-5-6-7-8-9-12-20-13-16-21-14-10-17(18,19)11-15-21/h20H,2-16H2,1H3. The summed E-state index contributed by atoms with van der Waals surface area (Å²) in [6.07, 6.45) is 10.8. The van der Waals surface area contributed by atoms with Crippen molar-refractivity contribution in [3.05, 3.63) is 0 Å². The SMILES string of the molecule is CCCCCCCCCCNCCN1CCC(F)(F)CC1. The van der Waals surface area contributed by atoms with E-state index in [0.717, 1.165) is 19.6 Å². The fraction of sp³-hybridized carbons (Fsp3) is 1.00. The van der Waals surface area contributed by atoms with Gasteiger partial charge < -0.3 is 10.2 Å². The molecule has 0 aromatic carbocycles. The molecule has 4 heteroatoms. The predicted molar refractivity (Wildman–Crippen MR) is 86.1 cm³/mol. The zero-order chi connectivity index (χ0) is 15.4. The van der Waals surface area contributed by atoms with Crippen molar-refractivity contribution < 1.29 is 8.78 Å². The van der Waals surface area contributed by atoms with Crippen LogP contribution < -0.4 is 5.32 Å². The second-order valence-corrected chi connectivity index (χ2v) is 6.42. The monoisotopic (exact) mass is 304 g/mol. The molecule has 2 nitrogen and oxygen atoms in total. The van der Waals surface area contributed by atoms with Crippen LogP contribution in [0.25, 0.3) is 0 Å². The second-order valence-electron chi connectivity index (χ2n) is 6.42. The molecule has 0 aromatic heterocycles. The van der Waals surface area contributed by atoms with Crippen molar-refractivity contribution in [2.75, 3.05) is 32.7 Å². The lowest BCUT2D eigenvalue weighted by molar-refractivity contribution is -0.0547. The molecular formula is C17H34F2N2. The van der Waals surface area contributed by atoms with Gasteiger partial charge in [-0.2, -0.15) is 0 Å². The molecule has 0 aliphatic carbocycles. The minimum absolute atomic E-state index is 0.0328. The lowest BCUT2D eigenvalue weighted by Gasteiger charge is -2.31. The van der Waals surface area contributed by atoms with Crippen molar-refractivity contribution in [3.63, 3.8) is 0 Å². The zero-order valence-corrected chi connectivity index (χ0v) is 13.8. The number of unbranched alkanes of at least 4 members (excludes halogenated alkanes) is 7. The van der Waals surface area contributed by atoms with Crippen LogP contribution in [0.5, 0.6) is 0 Å².